The van der Waals surface area contributed by atoms with Gasteiger partial charge in [0.05, 0.1) is 19.7 Å². The number of carbonyl (C=O) groups excluding carboxylic acids is 3. The molecule has 0 spiro atoms. The quantitative estimate of drug-likeness (QED) is 0.319. The molecule has 9 nitrogen and oxygen atoms in total. The number of aryl methyl sites for hydroxylation is 1. The molecule has 3 aromatic rings. The third kappa shape index (κ3) is 7.05. The number of amides is 4. The predicted molar refractivity (Wildman–Crippen MR) is 160 cm³/mol. The molecule has 0 fully saturated rings. The number of ether oxygens (including phenoxy) is 1. The Hall–Kier alpha value is -4.37. The molecule has 216 valence electrons. The van der Waals surface area contributed by atoms with Crippen LogP contribution in [-0.2, 0) is 29.1 Å². The van der Waals surface area contributed by atoms with Gasteiger partial charge in [-0.05, 0) is 64.8 Å². The smallest absolute Gasteiger partial charge is 0.314 e. The number of benzene rings is 3. The molecule has 1 aliphatic rings. The number of hydrogen-bond donors (Lipinski definition) is 4. The molecular formula is C32H39N5O4. The lowest BCUT2D eigenvalue weighted by Gasteiger charge is -2.27. The molecule has 0 bridgehead atoms. The summed E-state index contributed by atoms with van der Waals surface area (Å²) in [6.07, 6.45) is 1.07. The minimum atomic E-state index is -0.691. The molecule has 4 amide bonds. The Morgan fingerprint density at radius 1 is 1.07 bits per heavy atom. The number of carbonyl (C=O) groups is 3. The number of nitrogens with one attached hydrogen (secondary N) is 3. The zero-order valence-electron chi connectivity index (χ0n) is 24.1. The Morgan fingerprint density at radius 2 is 1.80 bits per heavy atom. The second kappa shape index (κ2) is 13.3. The summed E-state index contributed by atoms with van der Waals surface area (Å²) in [4.78, 5) is 40.1. The normalized spacial score (nSPS) is 15.5. The van der Waals surface area contributed by atoms with E-state index in [4.69, 9.17) is 10.5 Å². The maximum atomic E-state index is 13.9. The largest absolute Gasteiger partial charge is 0.497 e. The number of rotatable bonds is 9. The van der Waals surface area contributed by atoms with Crippen LogP contribution in [0.15, 0.2) is 66.7 Å². The van der Waals surface area contributed by atoms with E-state index in [9.17, 15) is 14.4 Å². The first kappa shape index (κ1) is 29.6. The van der Waals surface area contributed by atoms with Gasteiger partial charge < -0.3 is 31.3 Å². The van der Waals surface area contributed by atoms with Gasteiger partial charge in [0, 0.05) is 19.3 Å². The summed E-state index contributed by atoms with van der Waals surface area (Å²) in [5, 5.41) is 8.32. The highest BCUT2D eigenvalue weighted by Gasteiger charge is 2.33. The van der Waals surface area contributed by atoms with Crippen molar-refractivity contribution in [3.05, 3.63) is 83.4 Å². The molecule has 0 saturated carbocycles. The first-order valence-electron chi connectivity index (χ1n) is 13.9. The Balaban J connectivity index is 1.60. The van der Waals surface area contributed by atoms with Crippen molar-refractivity contribution in [2.24, 2.45) is 11.7 Å². The van der Waals surface area contributed by atoms with Crippen molar-refractivity contribution < 1.29 is 19.1 Å². The fourth-order valence-electron chi connectivity index (χ4n) is 4.94. The summed E-state index contributed by atoms with van der Waals surface area (Å²) in [5.74, 6) is 0.176. The van der Waals surface area contributed by atoms with Crippen LogP contribution in [0.25, 0.3) is 11.1 Å². The summed E-state index contributed by atoms with van der Waals surface area (Å²) < 4.78 is 5.44. The maximum absolute atomic E-state index is 13.9. The van der Waals surface area contributed by atoms with Crippen molar-refractivity contribution in [2.75, 3.05) is 19.1 Å². The van der Waals surface area contributed by atoms with Crippen molar-refractivity contribution in [3.8, 4) is 16.9 Å². The number of urea groups is 1. The monoisotopic (exact) mass is 557 g/mol. The zero-order chi connectivity index (χ0) is 29.5. The van der Waals surface area contributed by atoms with E-state index in [1.165, 1.54) is 0 Å². The third-order valence-corrected chi connectivity index (χ3v) is 7.47. The molecule has 1 heterocycles. The Labute approximate surface area is 241 Å². The lowest BCUT2D eigenvalue weighted by atomic mass is 9.98. The van der Waals surface area contributed by atoms with Gasteiger partial charge in [-0.25, -0.2) is 4.79 Å². The van der Waals surface area contributed by atoms with Crippen LogP contribution >= 0.6 is 0 Å². The molecule has 9 heteroatoms. The lowest BCUT2D eigenvalue weighted by molar-refractivity contribution is -0.129. The zero-order valence-corrected chi connectivity index (χ0v) is 24.1. The van der Waals surface area contributed by atoms with Gasteiger partial charge in [-0.1, -0.05) is 62.4 Å². The molecular weight excluding hydrogens is 518 g/mol. The standard InChI is InChI=1S/C32H39N5O4/c1-20(2)29(33)30(38)36-27-15-13-23-17-25(41-4)14-16-28(23)37(31(27)39)19-21-9-11-22(12-10-21)26-8-6-5-7-24(26)18-35-32(40)34-3/h5-12,14,16-17,20,27,29H,13,15,18-19,33H2,1-4H3,(H,36,38)(H2,34,35,40)/t27-,29?/m1/s1. The van der Waals surface area contributed by atoms with E-state index in [0.717, 1.165) is 39.3 Å². The average Bonchev–Trinajstić information content (AvgIpc) is 3.11. The molecule has 1 aliphatic heterocycles. The Bertz CT molecular complexity index is 1390. The van der Waals surface area contributed by atoms with Crippen molar-refractivity contribution in [1.82, 2.24) is 16.0 Å². The first-order chi connectivity index (χ1) is 19.7. The van der Waals surface area contributed by atoms with Gasteiger partial charge in [0.25, 0.3) is 0 Å². The van der Waals surface area contributed by atoms with E-state index in [-0.39, 0.29) is 23.8 Å². The van der Waals surface area contributed by atoms with E-state index in [1.54, 1.807) is 19.1 Å². The third-order valence-electron chi connectivity index (χ3n) is 7.47. The van der Waals surface area contributed by atoms with Crippen LogP contribution in [0.3, 0.4) is 0 Å². The summed E-state index contributed by atoms with van der Waals surface area (Å²) >= 11 is 0. The average molecular weight is 558 g/mol. The highest BCUT2D eigenvalue weighted by Crippen LogP contribution is 2.32. The van der Waals surface area contributed by atoms with Crippen molar-refractivity contribution in [1.29, 1.82) is 0 Å². The number of hydrogen-bond acceptors (Lipinski definition) is 5. The van der Waals surface area contributed by atoms with Crippen LogP contribution in [0, 0.1) is 5.92 Å². The highest BCUT2D eigenvalue weighted by molar-refractivity contribution is 6.01. The molecule has 0 aromatic heterocycles. The van der Waals surface area contributed by atoms with E-state index in [0.29, 0.717) is 25.9 Å². The number of nitrogens with zero attached hydrogens (tertiary/aromatic N) is 1. The van der Waals surface area contributed by atoms with Crippen molar-refractivity contribution in [3.63, 3.8) is 0 Å². The predicted octanol–water partition coefficient (Wildman–Crippen LogP) is 3.74. The Morgan fingerprint density at radius 3 is 2.49 bits per heavy atom. The summed E-state index contributed by atoms with van der Waals surface area (Å²) in [7, 11) is 3.20. The van der Waals surface area contributed by atoms with E-state index >= 15 is 0 Å². The molecule has 4 rings (SSSR count). The summed E-state index contributed by atoms with van der Waals surface area (Å²) in [6.45, 7) is 4.50. The van der Waals surface area contributed by atoms with Gasteiger partial charge in [-0.3, -0.25) is 9.59 Å². The summed E-state index contributed by atoms with van der Waals surface area (Å²) in [6, 6.07) is 20.0. The molecule has 0 aliphatic carbocycles. The van der Waals surface area contributed by atoms with E-state index < -0.39 is 12.1 Å². The first-order valence-corrected chi connectivity index (χ1v) is 13.9. The summed E-state index contributed by atoms with van der Waals surface area (Å²) in [5.41, 5.74) is 11.8. The topological polar surface area (TPSA) is 126 Å². The molecule has 1 unspecified atom stereocenters. The molecule has 2 atom stereocenters. The van der Waals surface area contributed by atoms with E-state index in [1.807, 2.05) is 80.6 Å². The SMILES string of the molecule is CNC(=O)NCc1ccccc1-c1ccc(CN2C(=O)[C@H](NC(=O)C(N)C(C)C)CCc3cc(OC)ccc32)cc1. The molecule has 0 saturated heterocycles. The molecule has 3 aromatic carbocycles. The number of fused-ring (bicyclic) bond motifs is 1. The number of methoxy groups -OCH3 is 1. The van der Waals surface area contributed by atoms with Gasteiger partial charge in [0.2, 0.25) is 11.8 Å². The van der Waals surface area contributed by atoms with Crippen LogP contribution in [-0.4, -0.2) is 44.1 Å². The lowest BCUT2D eigenvalue weighted by Crippen LogP contribution is -2.53. The van der Waals surface area contributed by atoms with Crippen LogP contribution in [0.2, 0.25) is 0 Å². The maximum Gasteiger partial charge on any atom is 0.314 e. The van der Waals surface area contributed by atoms with Gasteiger partial charge in [0.15, 0.2) is 0 Å². The second-order valence-electron chi connectivity index (χ2n) is 10.6. The van der Waals surface area contributed by atoms with Gasteiger partial charge >= 0.3 is 6.03 Å². The molecule has 0 radical (unpaired) electrons. The second-order valence-corrected chi connectivity index (χ2v) is 10.6. The minimum Gasteiger partial charge on any atom is -0.497 e. The van der Waals surface area contributed by atoms with Gasteiger partial charge in [-0.15, -0.1) is 0 Å². The fourth-order valence-corrected chi connectivity index (χ4v) is 4.94. The van der Waals surface area contributed by atoms with Gasteiger partial charge in [-0.2, -0.15) is 0 Å². The van der Waals surface area contributed by atoms with Crippen LogP contribution < -0.4 is 31.3 Å². The van der Waals surface area contributed by atoms with E-state index in [2.05, 4.69) is 16.0 Å². The van der Waals surface area contributed by atoms with Crippen molar-refractivity contribution >= 4 is 23.5 Å². The Kier molecular flexibility index (Phi) is 9.62. The molecule has 41 heavy (non-hydrogen) atoms. The minimum absolute atomic E-state index is 0.0448. The molecule has 5 N–H and O–H groups in total. The van der Waals surface area contributed by atoms with Gasteiger partial charge in [0.1, 0.15) is 11.8 Å². The highest BCUT2D eigenvalue weighted by atomic mass is 16.5. The fraction of sp³-hybridized carbons (Fsp3) is 0.344. The number of anilines is 1. The van der Waals surface area contributed by atoms with Crippen LogP contribution in [0.1, 0.15) is 37.0 Å². The van der Waals surface area contributed by atoms with Crippen molar-refractivity contribution in [2.45, 2.75) is 51.9 Å². The van der Waals surface area contributed by atoms with Crippen LogP contribution in [0.5, 0.6) is 5.75 Å². The number of nitrogens with two attached hydrogens (primary N) is 1. The van der Waals surface area contributed by atoms with Crippen LogP contribution in [0.4, 0.5) is 10.5 Å².